The molecule has 170 valence electrons. The minimum absolute atomic E-state index is 0.124. The number of carboxylic acids is 1. The predicted octanol–water partition coefficient (Wildman–Crippen LogP) is 4.53. The number of rotatable bonds is 7. The third kappa shape index (κ3) is 4.98. The second kappa shape index (κ2) is 9.32. The molecular weight excluding hydrogens is 425 g/mol. The van der Waals surface area contributed by atoms with Crippen molar-refractivity contribution in [3.8, 4) is 17.2 Å². The molecule has 7 heteroatoms. The van der Waals surface area contributed by atoms with E-state index in [0.29, 0.717) is 35.5 Å². The number of ether oxygens (including phenoxy) is 1. The van der Waals surface area contributed by atoms with Gasteiger partial charge in [-0.25, -0.2) is 4.39 Å². The van der Waals surface area contributed by atoms with Crippen molar-refractivity contribution in [2.75, 3.05) is 6.54 Å². The minimum atomic E-state index is -1.10. The summed E-state index contributed by atoms with van der Waals surface area (Å²) >= 11 is 0. The molecule has 0 atom stereocenters. The Labute approximate surface area is 190 Å². The Morgan fingerprint density at radius 1 is 1.06 bits per heavy atom. The van der Waals surface area contributed by atoms with Crippen LogP contribution in [0.15, 0.2) is 48.5 Å². The van der Waals surface area contributed by atoms with E-state index in [2.05, 4.69) is 5.32 Å². The first-order chi connectivity index (χ1) is 15.8. The zero-order valence-electron chi connectivity index (χ0n) is 18.2. The van der Waals surface area contributed by atoms with Gasteiger partial charge in [-0.2, -0.15) is 0 Å². The lowest BCUT2D eigenvalue weighted by molar-refractivity contribution is -0.135. The molecule has 4 rings (SSSR count). The van der Waals surface area contributed by atoms with Gasteiger partial charge in [0.2, 0.25) is 0 Å². The standard InChI is InChI=1S/C26H24FNO5/c1-15-11-22(26(32)28-14-24(30)31)20-3-2-4-21(20)25(15)33-19-9-10-23(29)17(13-19)12-16-5-7-18(27)8-6-16/h5-11,13,29H,2-4,12,14H2,1H3,(H,28,32)(H,30,31). The molecule has 1 amide bonds. The Hall–Kier alpha value is -3.87. The van der Waals surface area contributed by atoms with E-state index < -0.39 is 18.4 Å². The summed E-state index contributed by atoms with van der Waals surface area (Å²) in [7, 11) is 0. The molecule has 0 aromatic heterocycles. The highest BCUT2D eigenvalue weighted by molar-refractivity contribution is 5.98. The summed E-state index contributed by atoms with van der Waals surface area (Å²) in [5, 5.41) is 21.6. The zero-order chi connectivity index (χ0) is 23.5. The summed E-state index contributed by atoms with van der Waals surface area (Å²) in [6.07, 6.45) is 2.77. The number of fused-ring (bicyclic) bond motifs is 1. The van der Waals surface area contributed by atoms with Gasteiger partial charge >= 0.3 is 5.97 Å². The molecule has 33 heavy (non-hydrogen) atoms. The molecule has 1 aliphatic rings. The normalized spacial score (nSPS) is 12.3. The number of hydrogen-bond acceptors (Lipinski definition) is 4. The van der Waals surface area contributed by atoms with Crippen molar-refractivity contribution in [1.29, 1.82) is 0 Å². The topological polar surface area (TPSA) is 95.9 Å². The van der Waals surface area contributed by atoms with E-state index >= 15 is 0 Å². The third-order valence-electron chi connectivity index (χ3n) is 5.76. The largest absolute Gasteiger partial charge is 0.508 e. The summed E-state index contributed by atoms with van der Waals surface area (Å²) in [5.74, 6) is -0.471. The second-order valence-corrected chi connectivity index (χ2v) is 8.15. The maximum Gasteiger partial charge on any atom is 0.322 e. The molecule has 0 aliphatic heterocycles. The molecule has 6 nitrogen and oxygen atoms in total. The Bertz CT molecular complexity index is 1220. The number of carbonyl (C=O) groups excluding carboxylic acids is 1. The van der Waals surface area contributed by atoms with Gasteiger partial charge in [0.1, 0.15) is 29.6 Å². The van der Waals surface area contributed by atoms with Crippen molar-refractivity contribution in [2.24, 2.45) is 0 Å². The highest BCUT2D eigenvalue weighted by atomic mass is 19.1. The second-order valence-electron chi connectivity index (χ2n) is 8.15. The number of carbonyl (C=O) groups is 2. The van der Waals surface area contributed by atoms with E-state index in [1.807, 2.05) is 6.92 Å². The number of carboxylic acid groups (broad SMARTS) is 1. The number of hydrogen-bond donors (Lipinski definition) is 3. The lowest BCUT2D eigenvalue weighted by atomic mass is 9.98. The fourth-order valence-corrected chi connectivity index (χ4v) is 4.20. The summed E-state index contributed by atoms with van der Waals surface area (Å²) in [5.41, 5.74) is 4.59. The van der Waals surface area contributed by atoms with Crippen LogP contribution in [-0.4, -0.2) is 28.6 Å². The van der Waals surface area contributed by atoms with E-state index in [1.54, 1.807) is 36.4 Å². The highest BCUT2D eigenvalue weighted by Gasteiger charge is 2.25. The van der Waals surface area contributed by atoms with Gasteiger partial charge < -0.3 is 20.3 Å². The molecule has 0 fully saturated rings. The van der Waals surface area contributed by atoms with E-state index in [9.17, 15) is 19.1 Å². The Morgan fingerprint density at radius 3 is 2.52 bits per heavy atom. The van der Waals surface area contributed by atoms with Gasteiger partial charge in [-0.05, 0) is 84.8 Å². The van der Waals surface area contributed by atoms with Gasteiger partial charge in [0, 0.05) is 17.5 Å². The van der Waals surface area contributed by atoms with Crippen LogP contribution in [-0.2, 0) is 24.1 Å². The Kier molecular flexibility index (Phi) is 6.31. The van der Waals surface area contributed by atoms with Gasteiger partial charge in [0.15, 0.2) is 0 Å². The van der Waals surface area contributed by atoms with E-state index in [4.69, 9.17) is 9.84 Å². The molecule has 1 aliphatic carbocycles. The van der Waals surface area contributed by atoms with Crippen LogP contribution in [0.2, 0.25) is 0 Å². The minimum Gasteiger partial charge on any atom is -0.508 e. The quantitative estimate of drug-likeness (QED) is 0.493. The van der Waals surface area contributed by atoms with Crippen LogP contribution in [0.4, 0.5) is 4.39 Å². The monoisotopic (exact) mass is 449 g/mol. The van der Waals surface area contributed by atoms with Crippen LogP contribution in [0.5, 0.6) is 17.2 Å². The van der Waals surface area contributed by atoms with Crippen LogP contribution < -0.4 is 10.1 Å². The number of aromatic hydroxyl groups is 1. The number of aryl methyl sites for hydroxylation is 1. The van der Waals surface area contributed by atoms with E-state index in [1.165, 1.54) is 12.1 Å². The smallest absolute Gasteiger partial charge is 0.322 e. The number of halogens is 1. The maximum atomic E-state index is 13.2. The Balaban J connectivity index is 1.62. The SMILES string of the molecule is Cc1cc(C(=O)NCC(=O)O)c2c(c1Oc1ccc(O)c(Cc3ccc(F)cc3)c1)CCC2. The molecule has 0 heterocycles. The number of amides is 1. The number of nitrogens with one attached hydrogen (secondary N) is 1. The predicted molar refractivity (Wildman–Crippen MR) is 121 cm³/mol. The van der Waals surface area contributed by atoms with Crippen LogP contribution in [0.1, 0.15) is 44.6 Å². The van der Waals surface area contributed by atoms with E-state index in [0.717, 1.165) is 35.1 Å². The lowest BCUT2D eigenvalue weighted by Gasteiger charge is -2.17. The summed E-state index contributed by atoms with van der Waals surface area (Å²) in [6.45, 7) is 1.41. The van der Waals surface area contributed by atoms with Crippen LogP contribution in [0.25, 0.3) is 0 Å². The van der Waals surface area contributed by atoms with Crippen molar-refractivity contribution >= 4 is 11.9 Å². The molecule has 3 aromatic rings. The van der Waals surface area contributed by atoms with Crippen LogP contribution >= 0.6 is 0 Å². The van der Waals surface area contributed by atoms with Gasteiger partial charge in [-0.3, -0.25) is 9.59 Å². The first-order valence-electron chi connectivity index (χ1n) is 10.7. The van der Waals surface area contributed by atoms with Crippen molar-refractivity contribution < 1.29 is 28.9 Å². The molecule has 0 saturated carbocycles. The molecule has 0 bridgehead atoms. The highest BCUT2D eigenvalue weighted by Crippen LogP contribution is 2.39. The lowest BCUT2D eigenvalue weighted by Crippen LogP contribution is -2.30. The van der Waals surface area contributed by atoms with Crippen molar-refractivity contribution in [2.45, 2.75) is 32.6 Å². The molecular formula is C26H24FNO5. The molecule has 3 aromatic carbocycles. The van der Waals surface area contributed by atoms with Crippen molar-refractivity contribution in [1.82, 2.24) is 5.32 Å². The molecule has 0 unspecified atom stereocenters. The molecule has 0 radical (unpaired) electrons. The number of benzene rings is 3. The fourth-order valence-electron chi connectivity index (χ4n) is 4.20. The zero-order valence-corrected chi connectivity index (χ0v) is 18.2. The number of phenolic OH excluding ortho intramolecular Hbond substituents is 1. The summed E-state index contributed by atoms with van der Waals surface area (Å²) < 4.78 is 19.4. The molecule has 3 N–H and O–H groups in total. The average Bonchev–Trinajstić information content (AvgIpc) is 3.27. The van der Waals surface area contributed by atoms with Crippen molar-refractivity contribution in [3.63, 3.8) is 0 Å². The first-order valence-corrected chi connectivity index (χ1v) is 10.7. The van der Waals surface area contributed by atoms with Crippen molar-refractivity contribution in [3.05, 3.63) is 87.7 Å². The summed E-state index contributed by atoms with van der Waals surface area (Å²) in [6, 6.07) is 12.8. The van der Waals surface area contributed by atoms with Gasteiger partial charge in [0.25, 0.3) is 5.91 Å². The third-order valence-corrected chi connectivity index (χ3v) is 5.76. The maximum absolute atomic E-state index is 13.2. The molecule has 0 spiro atoms. The average molecular weight is 449 g/mol. The number of phenols is 1. The Morgan fingerprint density at radius 2 is 1.79 bits per heavy atom. The van der Waals surface area contributed by atoms with Gasteiger partial charge in [-0.15, -0.1) is 0 Å². The van der Waals surface area contributed by atoms with Gasteiger partial charge in [0.05, 0.1) is 0 Å². The van der Waals surface area contributed by atoms with Crippen LogP contribution in [0, 0.1) is 12.7 Å². The molecule has 0 saturated heterocycles. The summed E-state index contributed by atoms with van der Waals surface area (Å²) in [4.78, 5) is 23.3. The number of aliphatic carboxylic acids is 1. The van der Waals surface area contributed by atoms with E-state index in [-0.39, 0.29) is 11.6 Å². The van der Waals surface area contributed by atoms with Gasteiger partial charge in [-0.1, -0.05) is 12.1 Å². The first kappa shape index (κ1) is 22.3. The fraction of sp³-hybridized carbons (Fsp3) is 0.231. The van der Waals surface area contributed by atoms with Crippen LogP contribution in [0.3, 0.4) is 0 Å².